The van der Waals surface area contributed by atoms with Crippen LogP contribution in [0.25, 0.3) is 0 Å². The second-order valence-corrected chi connectivity index (χ2v) is 3.45. The van der Waals surface area contributed by atoms with Gasteiger partial charge in [0.25, 0.3) is 0 Å². The van der Waals surface area contributed by atoms with Gasteiger partial charge in [-0.15, -0.1) is 0 Å². The molecule has 0 aliphatic carbocycles. The van der Waals surface area contributed by atoms with Crippen LogP contribution in [0, 0.1) is 6.92 Å². The quantitative estimate of drug-likeness (QED) is 0.361. The molecule has 1 aromatic rings. The number of aryl methyl sites for hydroxylation is 1. The maximum absolute atomic E-state index is 10.4. The Morgan fingerprint density at radius 2 is 2.08 bits per heavy atom. The molecule has 0 spiro atoms. The standard InChI is InChI=1S/C6H7NO3S.Na/c1-5-2-3-7-6(4-5)11(8,9)10;/h2-4H,1H3,(H,8,9,10);/q;+1/p-1. The summed E-state index contributed by atoms with van der Waals surface area (Å²) in [7, 11) is -4.39. The van der Waals surface area contributed by atoms with Gasteiger partial charge in [-0.05, 0) is 24.6 Å². The Labute approximate surface area is 93.1 Å². The van der Waals surface area contributed by atoms with Crippen molar-refractivity contribution in [3.63, 3.8) is 0 Å². The number of aromatic nitrogens is 1. The first-order valence-electron chi connectivity index (χ1n) is 2.89. The summed E-state index contributed by atoms with van der Waals surface area (Å²) in [5.74, 6) is 0. The van der Waals surface area contributed by atoms with Gasteiger partial charge in [0.15, 0.2) is 0 Å². The molecule has 0 radical (unpaired) electrons. The smallest absolute Gasteiger partial charge is 0.743 e. The van der Waals surface area contributed by atoms with Crippen molar-refractivity contribution in [2.75, 3.05) is 0 Å². The predicted molar refractivity (Wildman–Crippen MR) is 36.9 cm³/mol. The van der Waals surface area contributed by atoms with E-state index in [0.29, 0.717) is 5.56 Å². The Hall–Kier alpha value is 0.0600. The van der Waals surface area contributed by atoms with Crippen LogP contribution < -0.4 is 29.6 Å². The van der Waals surface area contributed by atoms with Crippen LogP contribution >= 0.6 is 0 Å². The molecule has 0 atom stereocenters. The van der Waals surface area contributed by atoms with Crippen molar-refractivity contribution in [1.29, 1.82) is 0 Å². The molecule has 0 aliphatic rings. The first-order valence-corrected chi connectivity index (χ1v) is 4.29. The minimum absolute atomic E-state index is 0. The van der Waals surface area contributed by atoms with Gasteiger partial charge in [-0.3, -0.25) is 0 Å². The molecule has 1 rings (SSSR count). The second-order valence-electron chi connectivity index (χ2n) is 2.13. The summed E-state index contributed by atoms with van der Waals surface area (Å²) >= 11 is 0. The molecule has 0 N–H and O–H groups in total. The Balaban J connectivity index is 0.00000121. The normalized spacial score (nSPS) is 10.5. The summed E-state index contributed by atoms with van der Waals surface area (Å²) in [5, 5.41) is -0.419. The van der Waals surface area contributed by atoms with Gasteiger partial charge in [0.2, 0.25) is 0 Å². The summed E-state index contributed by atoms with van der Waals surface area (Å²) in [5.41, 5.74) is 0.703. The molecule has 4 nitrogen and oxygen atoms in total. The van der Waals surface area contributed by atoms with Crippen LogP contribution in [0.2, 0.25) is 0 Å². The van der Waals surface area contributed by atoms with E-state index in [4.69, 9.17) is 0 Å². The topological polar surface area (TPSA) is 70.1 Å². The van der Waals surface area contributed by atoms with Crippen LogP contribution in [0.1, 0.15) is 5.56 Å². The number of hydrogen-bond donors (Lipinski definition) is 0. The van der Waals surface area contributed by atoms with Gasteiger partial charge >= 0.3 is 29.6 Å². The van der Waals surface area contributed by atoms with E-state index in [2.05, 4.69) is 4.98 Å². The molecule has 0 unspecified atom stereocenters. The van der Waals surface area contributed by atoms with E-state index in [9.17, 15) is 13.0 Å². The third-order valence-electron chi connectivity index (χ3n) is 1.15. The number of pyridine rings is 1. The van der Waals surface area contributed by atoms with Crippen LogP contribution in [-0.4, -0.2) is 18.0 Å². The van der Waals surface area contributed by atoms with E-state index >= 15 is 0 Å². The molecule has 1 heterocycles. The third kappa shape index (κ3) is 3.20. The maximum atomic E-state index is 10.4. The Morgan fingerprint density at radius 3 is 2.42 bits per heavy atom. The molecule has 60 valence electrons. The minimum atomic E-state index is -4.39. The molecule has 12 heavy (non-hydrogen) atoms. The Morgan fingerprint density at radius 1 is 1.50 bits per heavy atom. The third-order valence-corrected chi connectivity index (χ3v) is 1.88. The van der Waals surface area contributed by atoms with E-state index in [0.717, 1.165) is 0 Å². The van der Waals surface area contributed by atoms with E-state index in [1.54, 1.807) is 13.0 Å². The van der Waals surface area contributed by atoms with Crippen molar-refractivity contribution >= 4 is 10.1 Å². The van der Waals surface area contributed by atoms with Gasteiger partial charge in [0.05, 0.1) is 0 Å². The molecule has 0 saturated carbocycles. The molecule has 0 fully saturated rings. The number of nitrogens with zero attached hydrogens (tertiary/aromatic N) is 1. The molecule has 0 saturated heterocycles. The molecule has 0 aromatic carbocycles. The van der Waals surface area contributed by atoms with Gasteiger partial charge in [-0.25, -0.2) is 13.4 Å². The molecular weight excluding hydrogens is 189 g/mol. The van der Waals surface area contributed by atoms with Crippen molar-refractivity contribution in [3.05, 3.63) is 23.9 Å². The van der Waals surface area contributed by atoms with E-state index in [1.165, 1.54) is 12.3 Å². The molecule has 0 amide bonds. The summed E-state index contributed by atoms with van der Waals surface area (Å²) in [6.45, 7) is 1.69. The first kappa shape index (κ1) is 12.1. The van der Waals surface area contributed by atoms with Gasteiger partial charge < -0.3 is 4.55 Å². The zero-order chi connectivity index (χ0) is 8.48. The SMILES string of the molecule is Cc1ccnc(S(=O)(=O)[O-])c1.[Na+]. The van der Waals surface area contributed by atoms with Gasteiger partial charge in [0.1, 0.15) is 15.1 Å². The Bertz CT molecular complexity index is 363. The van der Waals surface area contributed by atoms with Crippen LogP contribution in [0.3, 0.4) is 0 Å². The zero-order valence-corrected chi connectivity index (χ0v) is 9.63. The summed E-state index contributed by atoms with van der Waals surface area (Å²) in [6, 6.07) is 2.86. The van der Waals surface area contributed by atoms with Crippen molar-refractivity contribution in [2.45, 2.75) is 11.9 Å². The molecular formula is C6H6NNaO3S. The van der Waals surface area contributed by atoms with Gasteiger partial charge in [0, 0.05) is 6.20 Å². The summed E-state index contributed by atoms with van der Waals surface area (Å²) < 4.78 is 31.1. The fourth-order valence-electron chi connectivity index (χ4n) is 0.645. The molecule has 0 bridgehead atoms. The van der Waals surface area contributed by atoms with Crippen molar-refractivity contribution < 1.29 is 42.5 Å². The van der Waals surface area contributed by atoms with Crippen LogP contribution in [-0.2, 0) is 10.1 Å². The minimum Gasteiger partial charge on any atom is -0.743 e. The fraction of sp³-hybridized carbons (Fsp3) is 0.167. The monoisotopic (exact) mass is 195 g/mol. The van der Waals surface area contributed by atoms with E-state index < -0.39 is 15.1 Å². The second kappa shape index (κ2) is 4.34. The maximum Gasteiger partial charge on any atom is 1.00 e. The Kier molecular flexibility index (Phi) is 4.36. The summed E-state index contributed by atoms with van der Waals surface area (Å²) in [6.07, 6.45) is 1.29. The number of rotatable bonds is 1. The largest absolute Gasteiger partial charge is 1.00 e. The zero-order valence-electron chi connectivity index (χ0n) is 6.81. The average molecular weight is 195 g/mol. The van der Waals surface area contributed by atoms with Crippen LogP contribution in [0.5, 0.6) is 0 Å². The molecule has 1 aromatic heterocycles. The molecule has 0 aliphatic heterocycles. The van der Waals surface area contributed by atoms with Gasteiger partial charge in [-0.1, -0.05) is 0 Å². The molecule has 6 heteroatoms. The van der Waals surface area contributed by atoms with Crippen LogP contribution in [0.15, 0.2) is 23.4 Å². The van der Waals surface area contributed by atoms with Crippen molar-refractivity contribution in [1.82, 2.24) is 4.98 Å². The van der Waals surface area contributed by atoms with Crippen LogP contribution in [0.4, 0.5) is 0 Å². The number of hydrogen-bond acceptors (Lipinski definition) is 4. The van der Waals surface area contributed by atoms with E-state index in [-0.39, 0.29) is 29.6 Å². The van der Waals surface area contributed by atoms with Gasteiger partial charge in [-0.2, -0.15) is 0 Å². The van der Waals surface area contributed by atoms with Crippen molar-refractivity contribution in [3.8, 4) is 0 Å². The predicted octanol–water partition coefficient (Wildman–Crippen LogP) is -2.70. The van der Waals surface area contributed by atoms with E-state index in [1.807, 2.05) is 0 Å². The van der Waals surface area contributed by atoms with Crippen molar-refractivity contribution in [2.24, 2.45) is 0 Å². The summed E-state index contributed by atoms with van der Waals surface area (Å²) in [4.78, 5) is 3.41. The average Bonchev–Trinajstić information content (AvgIpc) is 1.86. The fourth-order valence-corrected chi connectivity index (χ4v) is 1.17. The first-order chi connectivity index (χ1) is 5.00.